The Morgan fingerprint density at radius 1 is 1.29 bits per heavy atom. The summed E-state index contributed by atoms with van der Waals surface area (Å²) in [4.78, 5) is 0. The predicted octanol–water partition coefficient (Wildman–Crippen LogP) is 3.65. The number of hydrogen-bond donors (Lipinski definition) is 1. The molecule has 1 unspecified atom stereocenters. The molecule has 1 rings (SSSR count). The van der Waals surface area contributed by atoms with Crippen molar-refractivity contribution in [2.75, 3.05) is 0 Å². The van der Waals surface area contributed by atoms with Crippen LogP contribution in [0.25, 0.3) is 0 Å². The number of hydrogen-bond acceptors (Lipinski definition) is 1. The molecule has 0 aliphatic heterocycles. The minimum Gasteiger partial charge on any atom is -0.308 e. The summed E-state index contributed by atoms with van der Waals surface area (Å²) in [6.45, 7) is 6.25. The fraction of sp³-hybridized carbons (Fsp3) is 0.455. The van der Waals surface area contributed by atoms with Crippen molar-refractivity contribution in [3.63, 3.8) is 0 Å². The van der Waals surface area contributed by atoms with Crippen LogP contribution in [0.2, 0.25) is 0 Å². The summed E-state index contributed by atoms with van der Waals surface area (Å²) in [6, 6.07) is 5.43. The molecule has 0 aromatic heterocycles. The smallest absolute Gasteiger partial charge is 0.124 e. The van der Waals surface area contributed by atoms with Crippen LogP contribution >= 0.6 is 15.9 Å². The standard InChI is InChI=1S/C11H15BrFN/c1-7(2)14-8(3)10-5-4-9(13)6-11(10)12/h4-8,14H,1-3H3. The lowest BCUT2D eigenvalue weighted by Gasteiger charge is -2.18. The largest absolute Gasteiger partial charge is 0.308 e. The van der Waals surface area contributed by atoms with Gasteiger partial charge in [0.25, 0.3) is 0 Å². The monoisotopic (exact) mass is 259 g/mol. The van der Waals surface area contributed by atoms with Crippen LogP contribution in [-0.4, -0.2) is 6.04 Å². The third kappa shape index (κ3) is 3.07. The summed E-state index contributed by atoms with van der Waals surface area (Å²) in [6.07, 6.45) is 0. The summed E-state index contributed by atoms with van der Waals surface area (Å²) in [7, 11) is 0. The van der Waals surface area contributed by atoms with Gasteiger partial charge in [-0.1, -0.05) is 35.8 Å². The lowest BCUT2D eigenvalue weighted by molar-refractivity contribution is 0.504. The highest BCUT2D eigenvalue weighted by Crippen LogP contribution is 2.24. The Bertz CT molecular complexity index is 312. The highest BCUT2D eigenvalue weighted by atomic mass is 79.9. The van der Waals surface area contributed by atoms with Gasteiger partial charge >= 0.3 is 0 Å². The number of halogens is 2. The molecular formula is C11H15BrFN. The number of rotatable bonds is 3. The second kappa shape index (κ2) is 4.89. The van der Waals surface area contributed by atoms with Gasteiger partial charge in [-0.15, -0.1) is 0 Å². The Morgan fingerprint density at radius 3 is 2.43 bits per heavy atom. The molecule has 0 spiro atoms. The molecule has 1 nitrogen and oxygen atoms in total. The summed E-state index contributed by atoms with van der Waals surface area (Å²) in [5.74, 6) is -0.211. The van der Waals surface area contributed by atoms with E-state index in [9.17, 15) is 4.39 Å². The van der Waals surface area contributed by atoms with Crippen molar-refractivity contribution in [2.45, 2.75) is 32.9 Å². The normalized spacial score (nSPS) is 13.3. The molecule has 0 bridgehead atoms. The molecule has 3 heteroatoms. The Morgan fingerprint density at radius 2 is 1.93 bits per heavy atom. The van der Waals surface area contributed by atoms with Crippen LogP contribution in [0, 0.1) is 5.82 Å². The third-order valence-corrected chi connectivity index (χ3v) is 2.70. The van der Waals surface area contributed by atoms with E-state index in [1.54, 1.807) is 6.07 Å². The molecule has 1 atom stereocenters. The first kappa shape index (κ1) is 11.7. The average molecular weight is 260 g/mol. The highest BCUT2D eigenvalue weighted by Gasteiger charge is 2.10. The first-order valence-electron chi connectivity index (χ1n) is 4.71. The van der Waals surface area contributed by atoms with Gasteiger partial charge in [0.1, 0.15) is 5.82 Å². The van der Waals surface area contributed by atoms with Gasteiger partial charge in [-0.3, -0.25) is 0 Å². The van der Waals surface area contributed by atoms with E-state index in [4.69, 9.17) is 0 Å². The molecule has 1 aromatic rings. The van der Waals surface area contributed by atoms with E-state index in [2.05, 4.69) is 42.0 Å². The van der Waals surface area contributed by atoms with Crippen molar-refractivity contribution in [2.24, 2.45) is 0 Å². The molecule has 0 radical (unpaired) electrons. The van der Waals surface area contributed by atoms with E-state index >= 15 is 0 Å². The molecule has 0 fully saturated rings. The number of benzene rings is 1. The first-order chi connectivity index (χ1) is 6.50. The Balaban J connectivity index is 2.84. The third-order valence-electron chi connectivity index (χ3n) is 2.01. The van der Waals surface area contributed by atoms with E-state index in [1.165, 1.54) is 12.1 Å². The molecule has 0 amide bonds. The molecule has 0 aliphatic rings. The van der Waals surface area contributed by atoms with Crippen LogP contribution in [-0.2, 0) is 0 Å². The highest BCUT2D eigenvalue weighted by molar-refractivity contribution is 9.10. The molecule has 1 N–H and O–H groups in total. The van der Waals surface area contributed by atoms with Crippen LogP contribution in [0.4, 0.5) is 4.39 Å². The topological polar surface area (TPSA) is 12.0 Å². The fourth-order valence-electron chi connectivity index (χ4n) is 1.44. The van der Waals surface area contributed by atoms with E-state index in [-0.39, 0.29) is 11.9 Å². The van der Waals surface area contributed by atoms with Crippen molar-refractivity contribution < 1.29 is 4.39 Å². The zero-order chi connectivity index (χ0) is 10.7. The van der Waals surface area contributed by atoms with Crippen LogP contribution < -0.4 is 5.32 Å². The van der Waals surface area contributed by atoms with Crippen molar-refractivity contribution in [3.8, 4) is 0 Å². The van der Waals surface area contributed by atoms with Crippen LogP contribution in [0.5, 0.6) is 0 Å². The summed E-state index contributed by atoms with van der Waals surface area (Å²) in [5.41, 5.74) is 1.08. The van der Waals surface area contributed by atoms with Crippen molar-refractivity contribution in [1.82, 2.24) is 5.32 Å². The molecule has 78 valence electrons. The maximum absolute atomic E-state index is 12.8. The SMILES string of the molecule is CC(C)NC(C)c1ccc(F)cc1Br. The minimum atomic E-state index is -0.211. The molecule has 0 aliphatic carbocycles. The van der Waals surface area contributed by atoms with Crippen LogP contribution in [0.3, 0.4) is 0 Å². The van der Waals surface area contributed by atoms with E-state index < -0.39 is 0 Å². The van der Waals surface area contributed by atoms with E-state index in [1.807, 2.05) is 0 Å². The van der Waals surface area contributed by atoms with Crippen LogP contribution in [0.15, 0.2) is 22.7 Å². The summed E-state index contributed by atoms with van der Waals surface area (Å²) >= 11 is 3.36. The summed E-state index contributed by atoms with van der Waals surface area (Å²) in [5, 5.41) is 3.37. The molecule has 1 aromatic carbocycles. The quantitative estimate of drug-likeness (QED) is 0.874. The minimum absolute atomic E-state index is 0.211. The van der Waals surface area contributed by atoms with Gasteiger partial charge in [0.2, 0.25) is 0 Å². The van der Waals surface area contributed by atoms with Crippen molar-refractivity contribution in [1.29, 1.82) is 0 Å². The molecule has 0 saturated heterocycles. The Kier molecular flexibility index (Phi) is 4.08. The Labute approximate surface area is 92.8 Å². The van der Waals surface area contributed by atoms with Gasteiger partial charge in [0.15, 0.2) is 0 Å². The average Bonchev–Trinajstić information content (AvgIpc) is 2.01. The molecule has 14 heavy (non-hydrogen) atoms. The van der Waals surface area contributed by atoms with Gasteiger partial charge < -0.3 is 5.32 Å². The maximum atomic E-state index is 12.8. The zero-order valence-corrected chi connectivity index (χ0v) is 10.2. The maximum Gasteiger partial charge on any atom is 0.124 e. The first-order valence-corrected chi connectivity index (χ1v) is 5.51. The van der Waals surface area contributed by atoms with E-state index in [0.29, 0.717) is 6.04 Å². The van der Waals surface area contributed by atoms with Gasteiger partial charge in [-0.25, -0.2) is 4.39 Å². The number of nitrogens with one attached hydrogen (secondary N) is 1. The Hall–Kier alpha value is -0.410. The zero-order valence-electron chi connectivity index (χ0n) is 8.64. The second-order valence-corrected chi connectivity index (χ2v) is 4.56. The second-order valence-electron chi connectivity index (χ2n) is 3.71. The van der Waals surface area contributed by atoms with Gasteiger partial charge in [0, 0.05) is 16.6 Å². The molecular weight excluding hydrogens is 245 g/mol. The fourth-order valence-corrected chi connectivity index (χ4v) is 2.14. The van der Waals surface area contributed by atoms with Crippen LogP contribution in [0.1, 0.15) is 32.4 Å². The molecule has 0 heterocycles. The lowest BCUT2D eigenvalue weighted by Crippen LogP contribution is -2.26. The summed E-state index contributed by atoms with van der Waals surface area (Å²) < 4.78 is 13.6. The lowest BCUT2D eigenvalue weighted by atomic mass is 10.1. The van der Waals surface area contributed by atoms with Crippen molar-refractivity contribution in [3.05, 3.63) is 34.1 Å². The van der Waals surface area contributed by atoms with Gasteiger partial charge in [-0.05, 0) is 24.6 Å². The van der Waals surface area contributed by atoms with Gasteiger partial charge in [-0.2, -0.15) is 0 Å². The van der Waals surface area contributed by atoms with Gasteiger partial charge in [0.05, 0.1) is 0 Å². The molecule has 0 saturated carbocycles. The predicted molar refractivity (Wildman–Crippen MR) is 60.8 cm³/mol. The van der Waals surface area contributed by atoms with Crippen molar-refractivity contribution >= 4 is 15.9 Å². The van der Waals surface area contributed by atoms with E-state index in [0.717, 1.165) is 10.0 Å².